The minimum absolute atomic E-state index is 0.389. The van der Waals surface area contributed by atoms with Crippen molar-refractivity contribution >= 4 is 0 Å². The largest absolute Gasteiger partial charge is 0.454 e. The topological polar surface area (TPSA) is 12.5 Å². The van der Waals surface area contributed by atoms with Gasteiger partial charge in [0.2, 0.25) is 0 Å². The highest BCUT2D eigenvalue weighted by atomic mass is 19.4. The van der Waals surface area contributed by atoms with Crippen LogP contribution in [0.3, 0.4) is 0 Å². The zero-order valence-corrected chi connectivity index (χ0v) is 4.80. The molecule has 1 unspecified atom stereocenters. The third kappa shape index (κ3) is 0.712. The van der Waals surface area contributed by atoms with Gasteiger partial charge in [-0.15, -0.1) is 0 Å². The van der Waals surface area contributed by atoms with Crippen LogP contribution in [0.4, 0.5) is 22.0 Å². The standard InChI is InChI=1S/C4H3F5O/c1-2(5)3(6,10-2)4(7,8)9/h1H3/t2-,3?/m0/s1. The van der Waals surface area contributed by atoms with Crippen molar-refractivity contribution < 1.29 is 26.7 Å². The predicted molar refractivity (Wildman–Crippen MR) is 20.5 cm³/mol. The van der Waals surface area contributed by atoms with E-state index in [2.05, 4.69) is 4.74 Å². The first-order chi connectivity index (χ1) is 4.21. The predicted octanol–water partition coefficient (Wildman–Crippen LogP) is 1.93. The molecule has 1 saturated heterocycles. The Labute approximate surface area is 52.8 Å². The van der Waals surface area contributed by atoms with Crippen LogP contribution >= 0.6 is 0 Å². The Morgan fingerprint density at radius 3 is 1.50 bits per heavy atom. The molecule has 1 heterocycles. The molecule has 1 aliphatic heterocycles. The fourth-order valence-electron chi connectivity index (χ4n) is 0.550. The van der Waals surface area contributed by atoms with Gasteiger partial charge >= 0.3 is 12.0 Å². The van der Waals surface area contributed by atoms with Crippen molar-refractivity contribution in [3.05, 3.63) is 0 Å². The lowest BCUT2D eigenvalue weighted by Gasteiger charge is -2.06. The number of hydrogen-bond acceptors (Lipinski definition) is 1. The smallest absolute Gasteiger partial charge is 0.292 e. The summed E-state index contributed by atoms with van der Waals surface area (Å²) >= 11 is 0. The van der Waals surface area contributed by atoms with Crippen LogP contribution in [0.1, 0.15) is 6.92 Å². The first-order valence-corrected chi connectivity index (χ1v) is 2.35. The van der Waals surface area contributed by atoms with Gasteiger partial charge in [-0.05, 0) is 0 Å². The molecule has 0 radical (unpaired) electrons. The molecule has 1 aliphatic rings. The number of epoxide rings is 1. The van der Waals surface area contributed by atoms with E-state index in [1.165, 1.54) is 0 Å². The van der Waals surface area contributed by atoms with Crippen molar-refractivity contribution in [3.63, 3.8) is 0 Å². The lowest BCUT2D eigenvalue weighted by atomic mass is 10.3. The van der Waals surface area contributed by atoms with Gasteiger partial charge in [0.25, 0.3) is 5.85 Å². The van der Waals surface area contributed by atoms with Gasteiger partial charge in [-0.25, -0.2) is 4.39 Å². The van der Waals surface area contributed by atoms with Gasteiger partial charge in [-0.1, -0.05) is 0 Å². The quantitative estimate of drug-likeness (QED) is 0.391. The van der Waals surface area contributed by atoms with E-state index < -0.39 is 17.9 Å². The monoisotopic (exact) mass is 162 g/mol. The maximum Gasteiger partial charge on any atom is 0.454 e. The Morgan fingerprint density at radius 1 is 1.20 bits per heavy atom. The first-order valence-electron chi connectivity index (χ1n) is 2.35. The average molecular weight is 162 g/mol. The van der Waals surface area contributed by atoms with E-state index in [1.54, 1.807) is 0 Å². The fourth-order valence-corrected chi connectivity index (χ4v) is 0.550. The molecule has 0 N–H and O–H groups in total. The molecule has 1 nitrogen and oxygen atoms in total. The molecular weight excluding hydrogens is 159 g/mol. The Kier molecular flexibility index (Phi) is 1.11. The van der Waals surface area contributed by atoms with Crippen molar-refractivity contribution in [1.82, 2.24) is 0 Å². The summed E-state index contributed by atoms with van der Waals surface area (Å²) in [7, 11) is 0. The molecule has 0 aromatic rings. The number of rotatable bonds is 0. The van der Waals surface area contributed by atoms with Gasteiger partial charge in [-0.2, -0.15) is 17.6 Å². The van der Waals surface area contributed by atoms with Gasteiger partial charge < -0.3 is 0 Å². The maximum atomic E-state index is 12.1. The van der Waals surface area contributed by atoms with E-state index in [-0.39, 0.29) is 0 Å². The van der Waals surface area contributed by atoms with E-state index in [4.69, 9.17) is 0 Å². The molecule has 0 aromatic heterocycles. The summed E-state index contributed by atoms with van der Waals surface area (Å²) in [5.74, 6) is -7.29. The van der Waals surface area contributed by atoms with Crippen LogP contribution in [0.15, 0.2) is 0 Å². The highest BCUT2D eigenvalue weighted by Crippen LogP contribution is 2.59. The molecule has 0 bridgehead atoms. The molecule has 0 spiro atoms. The normalized spacial score (nSPS) is 47.4. The Morgan fingerprint density at radius 2 is 1.50 bits per heavy atom. The van der Waals surface area contributed by atoms with Crippen molar-refractivity contribution in [3.8, 4) is 0 Å². The highest BCUT2D eigenvalue weighted by molar-refractivity contribution is 5.03. The zero-order chi connectivity index (χ0) is 8.21. The molecule has 60 valence electrons. The van der Waals surface area contributed by atoms with E-state index in [0.717, 1.165) is 0 Å². The van der Waals surface area contributed by atoms with E-state index in [0.29, 0.717) is 6.92 Å². The minimum Gasteiger partial charge on any atom is -0.292 e. The maximum absolute atomic E-state index is 12.1. The van der Waals surface area contributed by atoms with Crippen LogP contribution in [-0.4, -0.2) is 17.9 Å². The van der Waals surface area contributed by atoms with E-state index in [9.17, 15) is 22.0 Å². The Hall–Kier alpha value is -0.390. The molecule has 1 rings (SSSR count). The summed E-state index contributed by atoms with van der Waals surface area (Å²) in [4.78, 5) is 0. The summed E-state index contributed by atoms with van der Waals surface area (Å²) in [5, 5.41) is 0. The second-order valence-corrected chi connectivity index (χ2v) is 2.11. The third-order valence-corrected chi connectivity index (χ3v) is 1.23. The van der Waals surface area contributed by atoms with Crippen molar-refractivity contribution in [1.29, 1.82) is 0 Å². The van der Waals surface area contributed by atoms with E-state index >= 15 is 0 Å². The second kappa shape index (κ2) is 1.44. The van der Waals surface area contributed by atoms with Crippen molar-refractivity contribution in [2.45, 2.75) is 24.8 Å². The lowest BCUT2D eigenvalue weighted by molar-refractivity contribution is -0.227. The second-order valence-electron chi connectivity index (χ2n) is 2.11. The van der Waals surface area contributed by atoms with Crippen LogP contribution in [0.5, 0.6) is 0 Å². The third-order valence-electron chi connectivity index (χ3n) is 1.23. The molecule has 0 aromatic carbocycles. The van der Waals surface area contributed by atoms with Crippen molar-refractivity contribution in [2.24, 2.45) is 0 Å². The Balaban J connectivity index is 2.78. The number of hydrogen-bond donors (Lipinski definition) is 0. The van der Waals surface area contributed by atoms with E-state index in [1.807, 2.05) is 0 Å². The zero-order valence-electron chi connectivity index (χ0n) is 4.80. The molecular formula is C4H3F5O. The van der Waals surface area contributed by atoms with Crippen molar-refractivity contribution in [2.75, 3.05) is 0 Å². The molecule has 1 fully saturated rings. The van der Waals surface area contributed by atoms with Gasteiger partial charge in [0.05, 0.1) is 0 Å². The highest BCUT2D eigenvalue weighted by Gasteiger charge is 2.85. The summed E-state index contributed by atoms with van der Waals surface area (Å²) in [6, 6.07) is 0. The summed E-state index contributed by atoms with van der Waals surface area (Å²) in [6.45, 7) is 0.389. The minimum atomic E-state index is -5.28. The summed E-state index contributed by atoms with van der Waals surface area (Å²) in [6.07, 6.45) is -5.28. The first kappa shape index (κ1) is 7.71. The fraction of sp³-hybridized carbons (Fsp3) is 1.00. The van der Waals surface area contributed by atoms with Gasteiger partial charge in [0.1, 0.15) is 0 Å². The van der Waals surface area contributed by atoms with Crippen LogP contribution < -0.4 is 0 Å². The Bertz CT molecular complexity index is 162. The summed E-state index contributed by atoms with van der Waals surface area (Å²) in [5.41, 5.74) is 0. The SMILES string of the molecule is C[C@]1(F)OC1(F)C(F)(F)F. The van der Waals surface area contributed by atoms with Crippen LogP contribution in [0, 0.1) is 0 Å². The number of ether oxygens (including phenoxy) is 1. The van der Waals surface area contributed by atoms with Gasteiger partial charge in [0.15, 0.2) is 0 Å². The molecule has 6 heteroatoms. The molecule has 0 aliphatic carbocycles. The summed E-state index contributed by atoms with van der Waals surface area (Å²) < 4.78 is 61.4. The molecule has 10 heavy (non-hydrogen) atoms. The van der Waals surface area contributed by atoms with Gasteiger partial charge in [0, 0.05) is 6.92 Å². The number of alkyl halides is 5. The van der Waals surface area contributed by atoms with Crippen LogP contribution in [-0.2, 0) is 4.74 Å². The van der Waals surface area contributed by atoms with Crippen LogP contribution in [0.2, 0.25) is 0 Å². The van der Waals surface area contributed by atoms with Gasteiger partial charge in [-0.3, -0.25) is 4.74 Å². The molecule has 0 saturated carbocycles. The average Bonchev–Trinajstić information content (AvgIpc) is 2.05. The number of halogens is 5. The molecule has 2 atom stereocenters. The lowest BCUT2D eigenvalue weighted by Crippen LogP contribution is -2.32. The molecule has 0 amide bonds. The van der Waals surface area contributed by atoms with Crippen LogP contribution in [0.25, 0.3) is 0 Å².